The van der Waals surface area contributed by atoms with E-state index in [0.717, 1.165) is 0 Å². The van der Waals surface area contributed by atoms with Crippen LogP contribution in [0.25, 0.3) is 0 Å². The molecule has 0 amide bonds. The number of rotatable bonds is 2. The molecule has 0 saturated carbocycles. The van der Waals surface area contributed by atoms with E-state index in [1.165, 1.54) is 12.8 Å². The Kier molecular flexibility index (Phi) is 8.70. The van der Waals surface area contributed by atoms with E-state index in [9.17, 15) is 0 Å². The van der Waals surface area contributed by atoms with Gasteiger partial charge in [-0.15, -0.1) is 24.8 Å². The first-order chi connectivity index (χ1) is 8.10. The van der Waals surface area contributed by atoms with Gasteiger partial charge in [0.15, 0.2) is 0 Å². The molecule has 0 aromatic carbocycles. The minimum atomic E-state index is -2.33. The molecule has 0 radical (unpaired) electrons. The van der Waals surface area contributed by atoms with Gasteiger partial charge in [0.1, 0.15) is 0 Å². The third kappa shape index (κ3) is 3.54. The molecule has 0 aromatic heterocycles. The molecule has 2 aliphatic carbocycles. The van der Waals surface area contributed by atoms with Crippen molar-refractivity contribution in [2.24, 2.45) is 0 Å². The molecule has 0 unspecified atom stereocenters. The van der Waals surface area contributed by atoms with Gasteiger partial charge in [-0.1, -0.05) is 0 Å². The van der Waals surface area contributed by atoms with Crippen molar-refractivity contribution in [1.29, 1.82) is 0 Å². The maximum Gasteiger partial charge on any atom is -0.147 e. The average Bonchev–Trinajstić information content (AvgIpc) is 2.88. The molecular weight excluding hydrogens is 474 g/mol. The molecule has 0 bridgehead atoms. The molecule has 5 heteroatoms. The Bertz CT molecular complexity index is 523. The number of halogens is 2. The summed E-state index contributed by atoms with van der Waals surface area (Å²) in [6.45, 7) is 10.4. The minimum Gasteiger partial charge on any atom is -0.147 e. The fourth-order valence-corrected chi connectivity index (χ4v) is 83.1. The van der Waals surface area contributed by atoms with Crippen molar-refractivity contribution in [2.75, 3.05) is 0 Å². The first-order valence-corrected chi connectivity index (χ1v) is 25.8. The van der Waals surface area contributed by atoms with Crippen LogP contribution in [0.3, 0.4) is 0 Å². The van der Waals surface area contributed by atoms with Crippen molar-refractivity contribution < 1.29 is 17.2 Å². The Morgan fingerprint density at radius 3 is 1.37 bits per heavy atom. The second kappa shape index (κ2) is 8.33. The van der Waals surface area contributed by atoms with Gasteiger partial charge in [0.05, 0.1) is 0 Å². The fourth-order valence-electron chi connectivity index (χ4n) is 3.44. The molecule has 0 nitrogen and oxygen atoms in total. The molecule has 0 saturated heterocycles. The second-order valence-electron chi connectivity index (χ2n) is 5.40. The van der Waals surface area contributed by atoms with Crippen molar-refractivity contribution in [3.63, 3.8) is 0 Å². The largest absolute Gasteiger partial charge is 0.147 e. The fraction of sp³-hybridized carbons (Fsp3) is 0.429. The summed E-state index contributed by atoms with van der Waals surface area (Å²) in [6.07, 6.45) is 16.9. The normalized spacial score (nSPS) is 15.6. The summed E-state index contributed by atoms with van der Waals surface area (Å²) in [5, 5.41) is 0. The van der Waals surface area contributed by atoms with E-state index >= 15 is 0 Å². The van der Waals surface area contributed by atoms with Crippen LogP contribution in [0.1, 0.15) is 12.8 Å². The van der Waals surface area contributed by atoms with Gasteiger partial charge in [0, 0.05) is 0 Å². The molecule has 2 rings (SSSR count). The Morgan fingerprint density at radius 1 is 0.789 bits per heavy atom. The Morgan fingerprint density at radius 2 is 1.16 bits per heavy atom. The predicted octanol–water partition coefficient (Wildman–Crippen LogP) is 5.17. The van der Waals surface area contributed by atoms with E-state index in [0.29, 0.717) is 0 Å². The summed E-state index contributed by atoms with van der Waals surface area (Å²) < 4.78 is 3.84. The smallest absolute Gasteiger partial charge is 0.147 e. The standard InChI is InChI=1S/2C5H5.2C2H6Si.2ClH.Hf/c2*1-2-4-5-3-1;2*1-3-2;;;/h2*1-3H,4H2;2*1-2H3;2*1H;. The molecule has 0 spiro atoms. The van der Waals surface area contributed by atoms with Crippen molar-refractivity contribution >= 4 is 35.8 Å². The molecule has 19 heavy (non-hydrogen) atoms. The zero-order chi connectivity index (χ0) is 12.5. The van der Waals surface area contributed by atoms with Crippen LogP contribution in [0, 0.1) is 0 Å². The molecule has 0 aromatic rings. The van der Waals surface area contributed by atoms with Crippen molar-refractivity contribution in [1.82, 2.24) is 0 Å². The van der Waals surface area contributed by atoms with Crippen LogP contribution >= 0.6 is 24.8 Å². The zero-order valence-corrected chi connectivity index (χ0v) is 19.4. The predicted molar refractivity (Wildman–Crippen MR) is 93.1 cm³/mol. The first-order valence-electron chi connectivity index (χ1n) is 6.43. The van der Waals surface area contributed by atoms with Crippen molar-refractivity contribution in [2.45, 2.75) is 39.0 Å². The summed E-state index contributed by atoms with van der Waals surface area (Å²) in [4.78, 5) is 0. The molecule has 0 atom stereocenters. The molecule has 2 aliphatic rings. The van der Waals surface area contributed by atoms with Gasteiger partial charge in [-0.25, -0.2) is 0 Å². The maximum atomic E-state index is 2.60. The zero-order valence-electron chi connectivity index (χ0n) is 12.2. The first kappa shape index (κ1) is 19.8. The summed E-state index contributed by atoms with van der Waals surface area (Å²) in [6, 6.07) is 0. The summed E-state index contributed by atoms with van der Waals surface area (Å²) in [7, 11) is 0. The van der Waals surface area contributed by atoms with Crippen molar-refractivity contribution in [3.05, 3.63) is 43.1 Å². The number of hydrogen-bond acceptors (Lipinski definition) is 0. The maximum absolute atomic E-state index is 2.60. The van der Waals surface area contributed by atoms with E-state index < -0.39 is 17.2 Å². The minimum absolute atomic E-state index is 0. The van der Waals surface area contributed by atoms with E-state index in [2.05, 4.69) is 62.6 Å². The summed E-state index contributed by atoms with van der Waals surface area (Å²) in [5.74, 6) is 0. The van der Waals surface area contributed by atoms with Crippen LogP contribution in [-0.2, 0) is 17.2 Å². The monoisotopic (exact) mass is 498 g/mol. The Labute approximate surface area is 134 Å². The SMILES string of the molecule is C[Si](C)=[Hf]([C]1=CC=CC1)([C]1=CC=CC1)=[Si](C)C.Cl.Cl. The quantitative estimate of drug-likeness (QED) is 0.462. The van der Waals surface area contributed by atoms with Crippen molar-refractivity contribution in [3.8, 4) is 0 Å². The average molecular weight is 498 g/mol. The van der Waals surface area contributed by atoms with E-state index in [1.54, 1.807) is 0 Å². The van der Waals surface area contributed by atoms with Crippen LogP contribution in [0.2, 0.25) is 26.2 Å². The van der Waals surface area contributed by atoms with Crippen LogP contribution in [-0.4, -0.2) is 11.0 Å². The molecule has 106 valence electrons. The van der Waals surface area contributed by atoms with Gasteiger partial charge in [-0.3, -0.25) is 0 Å². The summed E-state index contributed by atoms with van der Waals surface area (Å²) in [5.41, 5.74) is -0.293. The van der Waals surface area contributed by atoms with Crippen LogP contribution in [0.15, 0.2) is 43.1 Å². The summed E-state index contributed by atoms with van der Waals surface area (Å²) >= 11 is -2.33. The van der Waals surface area contributed by atoms with E-state index in [1.807, 2.05) is 6.66 Å². The Balaban J connectivity index is 0.00000162. The number of allylic oxidation sites excluding steroid dienone is 8. The third-order valence-electron chi connectivity index (χ3n) is 4.01. The molecule has 0 N–H and O–H groups in total. The van der Waals surface area contributed by atoms with Gasteiger partial charge < -0.3 is 0 Å². The Hall–Kier alpha value is 0.844. The van der Waals surface area contributed by atoms with Gasteiger partial charge in [-0.05, 0) is 0 Å². The van der Waals surface area contributed by atoms with Gasteiger partial charge in [0.25, 0.3) is 0 Å². The third-order valence-corrected chi connectivity index (χ3v) is 84.0. The second-order valence-corrected chi connectivity index (χ2v) is 57.3. The van der Waals surface area contributed by atoms with E-state index in [-0.39, 0.29) is 35.8 Å². The molecule has 0 fully saturated rings. The van der Waals surface area contributed by atoms with Gasteiger partial charge in [-0.2, -0.15) is 0 Å². The van der Waals surface area contributed by atoms with E-state index in [4.69, 9.17) is 0 Å². The molecule has 0 aliphatic heterocycles. The molecular formula is C14H24Cl2HfSi2. The number of hydrogen-bond donors (Lipinski definition) is 0. The molecule has 0 heterocycles. The van der Waals surface area contributed by atoms with Gasteiger partial charge >= 0.3 is 110 Å². The topological polar surface area (TPSA) is 0 Å². The van der Waals surface area contributed by atoms with Crippen LogP contribution in [0.5, 0.6) is 0 Å². The van der Waals surface area contributed by atoms with Crippen LogP contribution in [0.4, 0.5) is 0 Å². The van der Waals surface area contributed by atoms with Crippen LogP contribution < -0.4 is 0 Å². The van der Waals surface area contributed by atoms with Gasteiger partial charge in [0.2, 0.25) is 0 Å².